The summed E-state index contributed by atoms with van der Waals surface area (Å²) in [5.74, 6) is -2.95. The van der Waals surface area contributed by atoms with Crippen LogP contribution in [0.5, 0.6) is 0 Å². The van der Waals surface area contributed by atoms with E-state index in [0.717, 1.165) is 32.7 Å². The summed E-state index contributed by atoms with van der Waals surface area (Å²) >= 11 is 0. The van der Waals surface area contributed by atoms with E-state index >= 15 is 0 Å². The van der Waals surface area contributed by atoms with Crippen LogP contribution in [0.4, 0.5) is 0 Å². The van der Waals surface area contributed by atoms with Gasteiger partial charge in [-0.3, -0.25) is 9.59 Å². The molecule has 4 aromatic rings. The third kappa shape index (κ3) is 4.12. The van der Waals surface area contributed by atoms with Crippen molar-refractivity contribution in [2.75, 3.05) is 14.2 Å². The lowest BCUT2D eigenvalue weighted by Gasteiger charge is -2.22. The van der Waals surface area contributed by atoms with Gasteiger partial charge in [-0.2, -0.15) is 0 Å². The lowest BCUT2D eigenvalue weighted by Crippen LogP contribution is -2.31. The summed E-state index contributed by atoms with van der Waals surface area (Å²) in [7, 11) is 2.57. The topological polar surface area (TPSA) is 52.6 Å². The Morgan fingerprint density at radius 3 is 1.88 bits per heavy atom. The van der Waals surface area contributed by atoms with Crippen LogP contribution in [-0.4, -0.2) is 26.2 Å². The molecule has 0 saturated carbocycles. The quantitative estimate of drug-likeness (QED) is 0.292. The molecule has 0 fully saturated rings. The van der Waals surface area contributed by atoms with Gasteiger partial charge in [0.1, 0.15) is 0 Å². The molecule has 0 saturated heterocycles. The van der Waals surface area contributed by atoms with Crippen molar-refractivity contribution in [3.63, 3.8) is 0 Å². The molecule has 0 aromatic heterocycles. The molecule has 1 atom stereocenters. The van der Waals surface area contributed by atoms with Crippen LogP contribution in [0, 0.1) is 5.92 Å². The normalized spacial score (nSPS) is 12.3. The Kier molecular flexibility index (Phi) is 6.31. The fourth-order valence-corrected chi connectivity index (χ4v) is 4.18. The lowest BCUT2D eigenvalue weighted by molar-refractivity contribution is -0.159. The number of rotatable bonds is 6. The highest BCUT2D eigenvalue weighted by Crippen LogP contribution is 2.34. The van der Waals surface area contributed by atoms with Crippen molar-refractivity contribution in [2.24, 2.45) is 5.92 Å². The number of carbonyl (C=O) groups excluding carboxylic acids is 2. The Balaban J connectivity index is 1.90. The predicted octanol–water partition coefficient (Wildman–Crippen LogP) is 5.75. The summed E-state index contributed by atoms with van der Waals surface area (Å²) in [5.41, 5.74) is 1.86. The fraction of sp³-hybridized carbons (Fsp3) is 0.143. The highest BCUT2D eigenvalue weighted by molar-refractivity contribution is 5.98. The molecule has 0 bridgehead atoms. The molecule has 4 nitrogen and oxygen atoms in total. The van der Waals surface area contributed by atoms with Crippen molar-refractivity contribution < 1.29 is 19.1 Å². The maximum atomic E-state index is 12.7. The second-order valence-electron chi connectivity index (χ2n) is 7.55. The molecule has 0 aliphatic heterocycles. The van der Waals surface area contributed by atoms with E-state index in [2.05, 4.69) is 18.2 Å². The molecule has 0 radical (unpaired) electrons. The average molecular weight is 424 g/mol. The van der Waals surface area contributed by atoms with Gasteiger partial charge in [0.2, 0.25) is 0 Å². The Bertz CT molecular complexity index is 1280. The van der Waals surface area contributed by atoms with Crippen LogP contribution >= 0.6 is 0 Å². The van der Waals surface area contributed by atoms with Crippen LogP contribution in [-0.2, 0) is 19.1 Å². The first kappa shape index (κ1) is 21.3. The summed E-state index contributed by atoms with van der Waals surface area (Å²) in [5, 5.41) is 4.21. The van der Waals surface area contributed by atoms with Gasteiger partial charge in [-0.25, -0.2) is 0 Å². The number of benzene rings is 4. The maximum absolute atomic E-state index is 12.7. The predicted molar refractivity (Wildman–Crippen MR) is 127 cm³/mol. The first-order chi connectivity index (χ1) is 15.6. The number of hydrogen-bond donors (Lipinski definition) is 0. The molecule has 4 heteroatoms. The second kappa shape index (κ2) is 9.48. The lowest BCUT2D eigenvalue weighted by atomic mass is 9.82. The zero-order valence-electron chi connectivity index (χ0n) is 18.0. The second-order valence-corrected chi connectivity index (χ2v) is 7.55. The first-order valence-corrected chi connectivity index (χ1v) is 10.4. The van der Waals surface area contributed by atoms with E-state index < -0.39 is 23.8 Å². The van der Waals surface area contributed by atoms with Crippen LogP contribution in [0.15, 0.2) is 91.0 Å². The highest BCUT2D eigenvalue weighted by Gasteiger charge is 2.37. The molecule has 32 heavy (non-hydrogen) atoms. The number of hydrogen-bond acceptors (Lipinski definition) is 4. The Morgan fingerprint density at radius 2 is 1.22 bits per heavy atom. The fourth-order valence-electron chi connectivity index (χ4n) is 4.18. The largest absolute Gasteiger partial charge is 0.468 e. The van der Waals surface area contributed by atoms with Crippen LogP contribution in [0.1, 0.15) is 17.0 Å². The van der Waals surface area contributed by atoms with Crippen LogP contribution < -0.4 is 0 Å². The Morgan fingerprint density at radius 1 is 0.688 bits per heavy atom. The van der Waals surface area contributed by atoms with E-state index in [1.54, 1.807) is 0 Å². The van der Waals surface area contributed by atoms with E-state index in [0.29, 0.717) is 0 Å². The number of fused-ring (bicyclic) bond motifs is 2. The van der Waals surface area contributed by atoms with Crippen LogP contribution in [0.3, 0.4) is 0 Å². The van der Waals surface area contributed by atoms with E-state index in [1.165, 1.54) is 14.2 Å². The number of methoxy groups -OCH3 is 2. The zero-order chi connectivity index (χ0) is 22.5. The highest BCUT2D eigenvalue weighted by atomic mass is 16.5. The molecule has 4 rings (SSSR count). The van der Waals surface area contributed by atoms with Gasteiger partial charge >= 0.3 is 11.9 Å². The van der Waals surface area contributed by atoms with Crippen LogP contribution in [0.25, 0.3) is 27.6 Å². The van der Waals surface area contributed by atoms with Gasteiger partial charge in [-0.1, -0.05) is 97.1 Å². The van der Waals surface area contributed by atoms with Crippen molar-refractivity contribution in [3.8, 4) is 0 Å². The molecular weight excluding hydrogens is 400 g/mol. The van der Waals surface area contributed by atoms with Gasteiger partial charge < -0.3 is 9.47 Å². The third-order valence-electron chi connectivity index (χ3n) is 5.76. The van der Waals surface area contributed by atoms with E-state index in [4.69, 9.17) is 9.47 Å². The van der Waals surface area contributed by atoms with Gasteiger partial charge in [-0.15, -0.1) is 0 Å². The van der Waals surface area contributed by atoms with E-state index in [9.17, 15) is 9.59 Å². The minimum atomic E-state index is -1.12. The van der Waals surface area contributed by atoms with Gasteiger partial charge in [0, 0.05) is 5.92 Å². The molecule has 0 aliphatic rings. The van der Waals surface area contributed by atoms with Crippen molar-refractivity contribution in [3.05, 3.63) is 102 Å². The smallest absolute Gasteiger partial charge is 0.321 e. The van der Waals surface area contributed by atoms with E-state index in [1.807, 2.05) is 78.9 Å². The first-order valence-electron chi connectivity index (χ1n) is 10.4. The third-order valence-corrected chi connectivity index (χ3v) is 5.76. The summed E-state index contributed by atoms with van der Waals surface area (Å²) in [6, 6.07) is 28.0. The molecule has 0 aliphatic carbocycles. The summed E-state index contributed by atoms with van der Waals surface area (Å²) in [6.45, 7) is 0. The Hall–Kier alpha value is -3.92. The van der Waals surface area contributed by atoms with Gasteiger partial charge in [0.05, 0.1) is 14.2 Å². The molecular formula is C28H24O4. The molecule has 0 amide bonds. The Labute approximate surface area is 187 Å². The monoisotopic (exact) mass is 424 g/mol. The summed E-state index contributed by atoms with van der Waals surface area (Å²) in [4.78, 5) is 25.5. The molecule has 0 N–H and O–H groups in total. The molecule has 0 heterocycles. The van der Waals surface area contributed by atoms with Gasteiger partial charge in [-0.05, 0) is 32.7 Å². The number of esters is 2. The minimum Gasteiger partial charge on any atom is -0.468 e. The van der Waals surface area contributed by atoms with Crippen molar-refractivity contribution in [1.82, 2.24) is 0 Å². The molecule has 4 aromatic carbocycles. The number of allylic oxidation sites excluding steroid dienone is 1. The van der Waals surface area contributed by atoms with Crippen molar-refractivity contribution in [1.29, 1.82) is 0 Å². The number of ether oxygens (including phenoxy) is 2. The summed E-state index contributed by atoms with van der Waals surface area (Å²) in [6.07, 6.45) is 3.87. The van der Waals surface area contributed by atoms with E-state index in [-0.39, 0.29) is 0 Å². The average Bonchev–Trinajstić information content (AvgIpc) is 2.85. The standard InChI is InChI=1S/C28H24O4/c1-31-27(29)26(28(30)32-2)25(24-16-8-13-20-10-4-6-15-23(20)24)18-17-21-12-7-11-19-9-3-5-14-22(19)21/h3-18,25-26H,1-2H3/b18-17+/t25-/m0/s1. The van der Waals surface area contributed by atoms with Crippen molar-refractivity contribution >= 4 is 39.6 Å². The summed E-state index contributed by atoms with van der Waals surface area (Å²) < 4.78 is 10.00. The number of carbonyl (C=O) groups is 2. The molecule has 0 unspecified atom stereocenters. The molecule has 160 valence electrons. The SMILES string of the molecule is COC(=O)C(C(=O)OC)[C@@H](/C=C/c1cccc2ccccc12)c1cccc2ccccc12. The van der Waals surface area contributed by atoms with Crippen LogP contribution in [0.2, 0.25) is 0 Å². The maximum Gasteiger partial charge on any atom is 0.321 e. The zero-order valence-corrected chi connectivity index (χ0v) is 18.0. The molecule has 0 spiro atoms. The van der Waals surface area contributed by atoms with Gasteiger partial charge in [0.25, 0.3) is 0 Å². The van der Waals surface area contributed by atoms with Crippen molar-refractivity contribution in [2.45, 2.75) is 5.92 Å². The minimum absolute atomic E-state index is 0.569. The van der Waals surface area contributed by atoms with Gasteiger partial charge in [0.15, 0.2) is 5.92 Å².